The number of esters is 1. The second-order valence-corrected chi connectivity index (χ2v) is 7.40. The molecule has 0 saturated carbocycles. The molecular formula is C16H19ClN2O4S. The number of benzene rings is 1. The number of anilines is 1. The number of hydrogen-bond donors (Lipinski definition) is 2. The number of carbonyl (C=O) groups is 1. The van der Waals surface area contributed by atoms with Gasteiger partial charge in [0.15, 0.2) is 0 Å². The molecule has 0 spiro atoms. The van der Waals surface area contributed by atoms with Gasteiger partial charge >= 0.3 is 5.97 Å². The highest BCUT2D eigenvalue weighted by atomic mass is 35.5. The number of sulfonamides is 1. The lowest BCUT2D eigenvalue weighted by Gasteiger charge is -2.10. The molecule has 2 N–H and O–H groups in total. The first-order valence-electron chi connectivity index (χ1n) is 7.32. The van der Waals surface area contributed by atoms with E-state index in [2.05, 4.69) is 9.71 Å². The van der Waals surface area contributed by atoms with E-state index in [4.69, 9.17) is 16.3 Å². The summed E-state index contributed by atoms with van der Waals surface area (Å²) in [6.45, 7) is 6.87. The van der Waals surface area contributed by atoms with Gasteiger partial charge in [0.25, 0.3) is 10.0 Å². The summed E-state index contributed by atoms with van der Waals surface area (Å²) in [7, 11) is -3.88. The summed E-state index contributed by atoms with van der Waals surface area (Å²) in [6.07, 6.45) is 0. The van der Waals surface area contributed by atoms with Crippen LogP contribution in [-0.2, 0) is 14.8 Å². The molecule has 8 heteroatoms. The third kappa shape index (κ3) is 3.57. The minimum Gasteiger partial charge on any atom is -0.461 e. The Morgan fingerprint density at radius 2 is 1.96 bits per heavy atom. The smallest absolute Gasteiger partial charge is 0.355 e. The van der Waals surface area contributed by atoms with Gasteiger partial charge in [-0.05, 0) is 45.4 Å². The highest BCUT2D eigenvalue weighted by Crippen LogP contribution is 2.27. The van der Waals surface area contributed by atoms with E-state index < -0.39 is 16.0 Å². The normalized spacial score (nSPS) is 11.4. The van der Waals surface area contributed by atoms with E-state index in [9.17, 15) is 13.2 Å². The van der Waals surface area contributed by atoms with Crippen LogP contribution in [0, 0.1) is 20.8 Å². The lowest BCUT2D eigenvalue weighted by Crippen LogP contribution is -2.15. The van der Waals surface area contributed by atoms with E-state index in [1.54, 1.807) is 32.9 Å². The number of halogens is 1. The summed E-state index contributed by atoms with van der Waals surface area (Å²) in [6, 6.07) is 4.89. The Kier molecular flexibility index (Phi) is 5.25. The van der Waals surface area contributed by atoms with Crippen LogP contribution in [0.1, 0.15) is 34.2 Å². The van der Waals surface area contributed by atoms with Crippen molar-refractivity contribution in [2.45, 2.75) is 32.6 Å². The average molecular weight is 371 g/mol. The molecule has 0 aliphatic heterocycles. The minimum absolute atomic E-state index is 0.0299. The van der Waals surface area contributed by atoms with Crippen LogP contribution in [0.25, 0.3) is 0 Å². The van der Waals surface area contributed by atoms with Crippen molar-refractivity contribution in [3.63, 3.8) is 0 Å². The van der Waals surface area contributed by atoms with Crippen LogP contribution in [0.15, 0.2) is 23.1 Å². The summed E-state index contributed by atoms with van der Waals surface area (Å²) in [4.78, 5) is 14.7. The summed E-state index contributed by atoms with van der Waals surface area (Å²) in [5.41, 5.74) is 2.01. The first kappa shape index (κ1) is 18.4. The number of aryl methyl sites for hydroxylation is 2. The molecule has 6 nitrogen and oxygen atoms in total. The maximum atomic E-state index is 12.7. The van der Waals surface area contributed by atoms with Crippen molar-refractivity contribution < 1.29 is 17.9 Å². The number of ether oxygens (including phenoxy) is 1. The van der Waals surface area contributed by atoms with Crippen molar-refractivity contribution in [3.05, 3.63) is 45.7 Å². The lowest BCUT2D eigenvalue weighted by molar-refractivity contribution is 0.0519. The van der Waals surface area contributed by atoms with Gasteiger partial charge in [-0.1, -0.05) is 17.7 Å². The number of aromatic nitrogens is 1. The second-order valence-electron chi connectivity index (χ2n) is 5.37. The van der Waals surface area contributed by atoms with E-state index in [0.717, 1.165) is 5.56 Å². The Morgan fingerprint density at radius 1 is 1.29 bits per heavy atom. The fourth-order valence-corrected chi connectivity index (χ4v) is 4.08. The van der Waals surface area contributed by atoms with Gasteiger partial charge in [-0.15, -0.1) is 0 Å². The van der Waals surface area contributed by atoms with Crippen LogP contribution in [-0.4, -0.2) is 26.0 Å². The van der Waals surface area contributed by atoms with Crippen LogP contribution in [0.4, 0.5) is 5.69 Å². The topological polar surface area (TPSA) is 88.3 Å². The van der Waals surface area contributed by atoms with Crippen molar-refractivity contribution in [2.75, 3.05) is 11.3 Å². The van der Waals surface area contributed by atoms with Crippen molar-refractivity contribution in [1.82, 2.24) is 4.98 Å². The Balaban J connectivity index is 2.42. The molecule has 1 aromatic heterocycles. The molecule has 0 radical (unpaired) electrons. The largest absolute Gasteiger partial charge is 0.461 e. The molecule has 24 heavy (non-hydrogen) atoms. The average Bonchev–Trinajstić information content (AvgIpc) is 2.78. The highest BCUT2D eigenvalue weighted by Gasteiger charge is 2.27. The van der Waals surface area contributed by atoms with E-state index in [1.165, 1.54) is 6.07 Å². The molecule has 0 unspecified atom stereocenters. The second kappa shape index (κ2) is 6.86. The molecule has 0 saturated heterocycles. The zero-order valence-corrected chi connectivity index (χ0v) is 15.4. The van der Waals surface area contributed by atoms with E-state index in [-0.39, 0.29) is 17.2 Å². The molecule has 2 rings (SSSR count). The monoisotopic (exact) mass is 370 g/mol. The minimum atomic E-state index is -3.88. The maximum absolute atomic E-state index is 12.7. The third-order valence-electron chi connectivity index (χ3n) is 3.54. The first-order chi connectivity index (χ1) is 11.2. The van der Waals surface area contributed by atoms with Gasteiger partial charge in [0.2, 0.25) is 0 Å². The van der Waals surface area contributed by atoms with E-state index >= 15 is 0 Å². The van der Waals surface area contributed by atoms with Crippen molar-refractivity contribution in [2.24, 2.45) is 0 Å². The number of hydrogen-bond acceptors (Lipinski definition) is 4. The fraction of sp³-hybridized carbons (Fsp3) is 0.312. The van der Waals surface area contributed by atoms with E-state index in [0.29, 0.717) is 22.0 Å². The van der Waals surface area contributed by atoms with Gasteiger partial charge in [0, 0.05) is 16.3 Å². The molecule has 0 aliphatic carbocycles. The molecule has 0 fully saturated rings. The molecule has 0 aliphatic rings. The van der Waals surface area contributed by atoms with Crippen LogP contribution < -0.4 is 4.72 Å². The van der Waals surface area contributed by atoms with Gasteiger partial charge in [-0.2, -0.15) is 0 Å². The summed E-state index contributed by atoms with van der Waals surface area (Å²) < 4.78 is 32.8. The van der Waals surface area contributed by atoms with Gasteiger partial charge < -0.3 is 9.72 Å². The summed E-state index contributed by atoms with van der Waals surface area (Å²) in [5, 5.41) is 0.463. The first-order valence-corrected chi connectivity index (χ1v) is 9.18. The Morgan fingerprint density at radius 3 is 2.54 bits per heavy atom. The third-order valence-corrected chi connectivity index (χ3v) is 5.60. The van der Waals surface area contributed by atoms with E-state index in [1.807, 2.05) is 6.92 Å². The number of nitrogens with one attached hydrogen (secondary N) is 2. The van der Waals surface area contributed by atoms with Crippen LogP contribution in [0.5, 0.6) is 0 Å². The highest BCUT2D eigenvalue weighted by molar-refractivity contribution is 7.92. The maximum Gasteiger partial charge on any atom is 0.355 e. The van der Waals surface area contributed by atoms with Gasteiger partial charge in [-0.3, -0.25) is 4.72 Å². The standard InChI is InChI=1S/C16H19ClN2O4S/c1-5-23-16(20)14-10(3)15(11(4)18-14)24(21,22)19-12-7-6-9(2)13(17)8-12/h6-8,18-19H,5H2,1-4H3. The van der Waals surface area contributed by atoms with Crippen molar-refractivity contribution >= 4 is 33.3 Å². The van der Waals surface area contributed by atoms with Gasteiger partial charge in [0.05, 0.1) is 12.3 Å². The van der Waals surface area contributed by atoms with Crippen LogP contribution >= 0.6 is 11.6 Å². The number of H-pyrrole nitrogens is 1. The predicted molar refractivity (Wildman–Crippen MR) is 93.2 cm³/mol. The van der Waals surface area contributed by atoms with Crippen LogP contribution in [0.2, 0.25) is 5.02 Å². The molecule has 130 valence electrons. The number of carbonyl (C=O) groups excluding carboxylic acids is 1. The molecule has 0 amide bonds. The Bertz CT molecular complexity index is 888. The molecule has 1 aromatic carbocycles. The van der Waals surface area contributed by atoms with Gasteiger partial charge in [0.1, 0.15) is 10.6 Å². The van der Waals surface area contributed by atoms with Crippen molar-refractivity contribution in [1.29, 1.82) is 0 Å². The number of aromatic amines is 1. The van der Waals surface area contributed by atoms with Gasteiger partial charge in [-0.25, -0.2) is 13.2 Å². The zero-order chi connectivity index (χ0) is 18.1. The fourth-order valence-electron chi connectivity index (χ4n) is 2.41. The predicted octanol–water partition coefficient (Wildman–Crippen LogP) is 3.57. The molecule has 2 aromatic rings. The zero-order valence-electron chi connectivity index (χ0n) is 13.9. The molecular weight excluding hydrogens is 352 g/mol. The number of rotatable bonds is 5. The SMILES string of the molecule is CCOC(=O)c1[nH]c(C)c(S(=O)(=O)Nc2ccc(C)c(Cl)c2)c1C. The summed E-state index contributed by atoms with van der Waals surface area (Å²) in [5.74, 6) is -0.585. The van der Waals surface area contributed by atoms with Crippen molar-refractivity contribution in [3.8, 4) is 0 Å². The molecule has 1 heterocycles. The molecule has 0 atom stereocenters. The molecule has 0 bridgehead atoms. The van der Waals surface area contributed by atoms with Crippen LogP contribution in [0.3, 0.4) is 0 Å². The summed E-state index contributed by atoms with van der Waals surface area (Å²) >= 11 is 6.03. The lowest BCUT2D eigenvalue weighted by atomic mass is 10.2. The Labute approximate surface area is 146 Å². The quantitative estimate of drug-likeness (QED) is 0.787. The Hall–Kier alpha value is -1.99.